The Labute approximate surface area is 272 Å². The molecule has 13 nitrogen and oxygen atoms in total. The molecule has 1 amide bonds. The molecule has 8 atom stereocenters. The number of benzene rings is 1. The van der Waals surface area contributed by atoms with E-state index in [1.165, 1.54) is 0 Å². The van der Waals surface area contributed by atoms with E-state index in [2.05, 4.69) is 29.2 Å². The first-order chi connectivity index (χ1) is 22.4. The fourth-order valence-corrected chi connectivity index (χ4v) is 5.31. The summed E-state index contributed by atoms with van der Waals surface area (Å²) in [4.78, 5) is 29.8. The maximum absolute atomic E-state index is 13.5. The predicted molar refractivity (Wildman–Crippen MR) is 170 cm³/mol. The van der Waals surface area contributed by atoms with Crippen LogP contribution in [0.25, 0.3) is 10.4 Å². The first-order valence-electron chi connectivity index (χ1n) is 16.8. The minimum absolute atomic E-state index is 0.0222. The maximum Gasteiger partial charge on any atom is 0.308 e. The highest BCUT2D eigenvalue weighted by atomic mass is 16.8. The number of nitrogens with one attached hydrogen (secondary N) is 1. The lowest BCUT2D eigenvalue weighted by Crippen LogP contribution is -2.68. The van der Waals surface area contributed by atoms with Crippen molar-refractivity contribution >= 4 is 11.9 Å². The van der Waals surface area contributed by atoms with Gasteiger partial charge in [0.2, 0.25) is 5.91 Å². The number of carbonyl (C=O) groups excluding carboxylic acids is 2. The summed E-state index contributed by atoms with van der Waals surface area (Å²) in [6.45, 7) is 9.42. The number of hydrogen-bond donors (Lipinski definition) is 1. The molecule has 46 heavy (non-hydrogen) atoms. The summed E-state index contributed by atoms with van der Waals surface area (Å²) < 4.78 is 42.8. The first-order valence-corrected chi connectivity index (χ1v) is 16.8. The van der Waals surface area contributed by atoms with E-state index in [1.807, 2.05) is 44.2 Å². The maximum atomic E-state index is 13.5. The van der Waals surface area contributed by atoms with Gasteiger partial charge >= 0.3 is 5.97 Å². The molecule has 2 aliphatic heterocycles. The number of amides is 1. The highest BCUT2D eigenvalue weighted by Crippen LogP contribution is 2.36. The van der Waals surface area contributed by atoms with Crippen molar-refractivity contribution in [3.63, 3.8) is 0 Å². The molecular weight excluding hydrogens is 596 g/mol. The number of ether oxygens (including phenoxy) is 7. The van der Waals surface area contributed by atoms with Crippen LogP contribution in [0.4, 0.5) is 0 Å². The highest BCUT2D eigenvalue weighted by molar-refractivity contribution is 5.77. The van der Waals surface area contributed by atoms with Crippen molar-refractivity contribution < 1.29 is 42.7 Å². The van der Waals surface area contributed by atoms with Gasteiger partial charge in [-0.05, 0) is 31.2 Å². The molecule has 1 aromatic carbocycles. The van der Waals surface area contributed by atoms with E-state index in [4.69, 9.17) is 38.7 Å². The van der Waals surface area contributed by atoms with E-state index in [-0.39, 0.29) is 50.7 Å². The molecule has 1 N–H and O–H groups in total. The normalized spacial score (nSPS) is 25.5. The van der Waals surface area contributed by atoms with Gasteiger partial charge in [0.25, 0.3) is 0 Å². The Kier molecular flexibility index (Phi) is 17.3. The molecular formula is C33H52N4O9. The van der Waals surface area contributed by atoms with Crippen LogP contribution in [0.5, 0.6) is 0 Å². The van der Waals surface area contributed by atoms with Crippen LogP contribution >= 0.6 is 0 Å². The monoisotopic (exact) mass is 648 g/mol. The van der Waals surface area contributed by atoms with Crippen molar-refractivity contribution in [3.05, 3.63) is 46.3 Å². The van der Waals surface area contributed by atoms with E-state index >= 15 is 0 Å². The van der Waals surface area contributed by atoms with E-state index in [0.717, 1.165) is 31.2 Å². The Morgan fingerprint density at radius 2 is 1.65 bits per heavy atom. The number of esters is 1. The van der Waals surface area contributed by atoms with Gasteiger partial charge in [-0.15, -0.1) is 0 Å². The van der Waals surface area contributed by atoms with Crippen molar-refractivity contribution in [2.45, 2.75) is 128 Å². The summed E-state index contributed by atoms with van der Waals surface area (Å²) in [5, 5.41) is 6.56. The van der Waals surface area contributed by atoms with Crippen molar-refractivity contribution in [1.29, 1.82) is 0 Å². The second-order valence-corrected chi connectivity index (χ2v) is 11.5. The molecule has 2 aliphatic rings. The van der Waals surface area contributed by atoms with Gasteiger partial charge < -0.3 is 38.5 Å². The summed E-state index contributed by atoms with van der Waals surface area (Å²) in [6, 6.07) is 8.51. The molecule has 0 aliphatic carbocycles. The fourth-order valence-electron chi connectivity index (χ4n) is 5.31. The largest absolute Gasteiger partial charge is 0.457 e. The molecule has 0 aromatic heterocycles. The zero-order valence-electron chi connectivity index (χ0n) is 27.7. The molecule has 258 valence electrons. The van der Waals surface area contributed by atoms with Crippen molar-refractivity contribution in [2.24, 2.45) is 5.11 Å². The third-order valence-corrected chi connectivity index (χ3v) is 7.96. The zero-order chi connectivity index (χ0) is 33.1. The number of fused-ring (bicyclic) bond motifs is 1. The minimum Gasteiger partial charge on any atom is -0.457 e. The summed E-state index contributed by atoms with van der Waals surface area (Å²) in [5.41, 5.74) is 9.53. The van der Waals surface area contributed by atoms with Gasteiger partial charge in [-0.2, -0.15) is 0 Å². The van der Waals surface area contributed by atoms with Gasteiger partial charge in [0.05, 0.1) is 38.3 Å². The quantitative estimate of drug-likeness (QED) is 0.0595. The van der Waals surface area contributed by atoms with Crippen LogP contribution in [0.2, 0.25) is 0 Å². The molecule has 2 fully saturated rings. The van der Waals surface area contributed by atoms with Crippen LogP contribution < -0.4 is 5.32 Å². The van der Waals surface area contributed by atoms with E-state index in [1.54, 1.807) is 0 Å². The number of unbranched alkanes of at least 4 members (excludes halogenated alkanes) is 2. The zero-order valence-corrected chi connectivity index (χ0v) is 27.7. The Hall–Kier alpha value is -2.77. The van der Waals surface area contributed by atoms with Crippen LogP contribution in [0, 0.1) is 0 Å². The van der Waals surface area contributed by atoms with Gasteiger partial charge in [0.15, 0.2) is 18.7 Å². The van der Waals surface area contributed by atoms with Crippen molar-refractivity contribution in [1.82, 2.24) is 5.32 Å². The molecule has 1 aromatic rings. The Morgan fingerprint density at radius 3 is 2.28 bits per heavy atom. The van der Waals surface area contributed by atoms with Crippen molar-refractivity contribution in [3.8, 4) is 0 Å². The number of nitrogens with zero attached hydrogens (tertiary/aromatic N) is 3. The average molecular weight is 649 g/mol. The third kappa shape index (κ3) is 12.1. The van der Waals surface area contributed by atoms with Crippen LogP contribution in [0.3, 0.4) is 0 Å². The highest BCUT2D eigenvalue weighted by Gasteiger charge is 2.53. The van der Waals surface area contributed by atoms with Crippen molar-refractivity contribution in [2.75, 3.05) is 33.0 Å². The first kappa shape index (κ1) is 37.7. The second-order valence-electron chi connectivity index (χ2n) is 11.5. The lowest BCUT2D eigenvalue weighted by molar-refractivity contribution is -0.344. The molecule has 0 radical (unpaired) electrons. The van der Waals surface area contributed by atoms with Gasteiger partial charge in [-0.25, -0.2) is 0 Å². The molecule has 0 spiro atoms. The average Bonchev–Trinajstić information content (AvgIpc) is 3.07. The van der Waals surface area contributed by atoms with E-state index < -0.39 is 42.9 Å². The number of hydrogen-bond acceptors (Lipinski definition) is 10. The minimum atomic E-state index is -1.04. The molecule has 4 unspecified atom stereocenters. The lowest BCUT2D eigenvalue weighted by Gasteiger charge is -2.49. The van der Waals surface area contributed by atoms with Crippen LogP contribution in [0.1, 0.15) is 90.9 Å². The number of carbonyl (C=O) groups is 2. The molecule has 13 heteroatoms. The summed E-state index contributed by atoms with van der Waals surface area (Å²) in [5.74, 6) is -0.789. The van der Waals surface area contributed by atoms with E-state index in [0.29, 0.717) is 26.1 Å². The standard InChI is InChI=1S/C33H52N4O9/c1-5-9-17-40-24(7-3)20-27(38)36-29-31(45-28(39)21-25(8-4)41-18-10-6-2)30-26(44-33(29)42-19-16-35-37-34)22-43-32(46-30)23-14-12-11-13-15-23/h11-15,24-26,29-33H,5-10,16-22H2,1-4H3,(H,36,38)/t24-,25-,26?,29?,30-,31?,32?,33+/m1/s1. The number of rotatable bonds is 21. The third-order valence-electron chi connectivity index (χ3n) is 7.96. The molecule has 0 saturated carbocycles. The lowest BCUT2D eigenvalue weighted by atomic mass is 9.94. The summed E-state index contributed by atoms with van der Waals surface area (Å²) in [7, 11) is 0. The van der Waals surface area contributed by atoms with Gasteiger partial charge in [0, 0.05) is 30.2 Å². The van der Waals surface area contributed by atoms with Gasteiger partial charge in [-0.3, -0.25) is 9.59 Å². The topological polar surface area (TPSA) is 160 Å². The fraction of sp³-hybridized carbons (Fsp3) is 0.758. The van der Waals surface area contributed by atoms with Crippen LogP contribution in [-0.4, -0.2) is 87.7 Å². The van der Waals surface area contributed by atoms with Gasteiger partial charge in [0.1, 0.15) is 18.2 Å². The smallest absolute Gasteiger partial charge is 0.308 e. The SMILES string of the molecule is CCCCO[C@H](CC)CC(=O)NC1C(OC(=O)C[C@@H](CC)OCCCC)[C@@H]2OC(c3ccccc3)OCC2O[C@@H]1OCCN=[N+]=[N-]. The Balaban J connectivity index is 1.87. The molecule has 0 bridgehead atoms. The Morgan fingerprint density at radius 1 is 0.978 bits per heavy atom. The molecule has 2 heterocycles. The van der Waals surface area contributed by atoms with Crippen LogP contribution in [-0.2, 0) is 42.7 Å². The number of azide groups is 1. The van der Waals surface area contributed by atoms with E-state index in [9.17, 15) is 9.59 Å². The van der Waals surface area contributed by atoms with Gasteiger partial charge in [-0.1, -0.05) is 76.0 Å². The molecule has 2 saturated heterocycles. The summed E-state index contributed by atoms with van der Waals surface area (Å²) >= 11 is 0. The molecule has 3 rings (SSSR count). The predicted octanol–water partition coefficient (Wildman–Crippen LogP) is 5.52. The van der Waals surface area contributed by atoms with Crippen LogP contribution in [0.15, 0.2) is 35.4 Å². The second kappa shape index (κ2) is 21.2. The Bertz CT molecular complexity index is 1070. The summed E-state index contributed by atoms with van der Waals surface area (Å²) in [6.07, 6.45) is 0.426.